The summed E-state index contributed by atoms with van der Waals surface area (Å²) in [5, 5.41) is 11.0. The minimum atomic E-state index is -4.47. The number of aromatic nitrogens is 4. The van der Waals surface area contributed by atoms with Crippen LogP contribution in [0.15, 0.2) is 11.4 Å². The maximum atomic E-state index is 12.6. The Labute approximate surface area is 127 Å². The van der Waals surface area contributed by atoms with Gasteiger partial charge in [0.15, 0.2) is 11.4 Å². The molecule has 10 heteroatoms. The summed E-state index contributed by atoms with van der Waals surface area (Å²) in [6.07, 6.45) is -3.04. The molecule has 118 valence electrons. The lowest BCUT2D eigenvalue weighted by atomic mass is 9.94. The van der Waals surface area contributed by atoms with E-state index in [1.807, 2.05) is 0 Å². The van der Waals surface area contributed by atoms with Crippen LogP contribution in [0.5, 0.6) is 0 Å². The first kappa shape index (κ1) is 14.9. The quantitative estimate of drug-likeness (QED) is 0.916. The zero-order chi connectivity index (χ0) is 15.7. The third-order valence-corrected chi connectivity index (χ3v) is 4.12. The molecule has 3 rings (SSSR count). The van der Waals surface area contributed by atoms with Crippen LogP contribution in [-0.4, -0.2) is 43.7 Å². The number of amides is 1. The smallest absolute Gasteiger partial charge is 0.337 e. The lowest BCUT2D eigenvalue weighted by Crippen LogP contribution is -2.39. The SMILES string of the molecule is O=C(c1csnn1)N1CCC[C@@H](c2cc(C(F)(F)F)n[nH]2)C1. The molecule has 1 N–H and O–H groups in total. The van der Waals surface area contributed by atoms with Gasteiger partial charge in [0.25, 0.3) is 5.91 Å². The highest BCUT2D eigenvalue weighted by Gasteiger charge is 2.35. The maximum Gasteiger partial charge on any atom is 0.435 e. The molecule has 1 saturated heterocycles. The molecular formula is C12H12F3N5OS. The molecule has 3 heterocycles. The van der Waals surface area contributed by atoms with Gasteiger partial charge in [-0.2, -0.15) is 18.3 Å². The number of hydrogen-bond acceptors (Lipinski definition) is 5. The molecule has 0 aromatic carbocycles. The van der Waals surface area contributed by atoms with E-state index in [9.17, 15) is 18.0 Å². The van der Waals surface area contributed by atoms with Crippen LogP contribution in [-0.2, 0) is 6.18 Å². The van der Waals surface area contributed by atoms with Gasteiger partial charge in [-0.15, -0.1) is 5.10 Å². The number of carbonyl (C=O) groups is 1. The number of H-pyrrole nitrogens is 1. The van der Waals surface area contributed by atoms with Crippen molar-refractivity contribution in [2.45, 2.75) is 24.9 Å². The number of likely N-dealkylation sites (tertiary alicyclic amines) is 1. The molecule has 0 unspecified atom stereocenters. The minimum Gasteiger partial charge on any atom is -0.337 e. The molecule has 0 saturated carbocycles. The number of halogens is 3. The number of nitrogens with zero attached hydrogens (tertiary/aromatic N) is 4. The van der Waals surface area contributed by atoms with E-state index < -0.39 is 11.9 Å². The van der Waals surface area contributed by atoms with Crippen LogP contribution >= 0.6 is 11.5 Å². The molecule has 1 aliphatic rings. The number of alkyl halides is 3. The Morgan fingerprint density at radius 1 is 1.45 bits per heavy atom. The largest absolute Gasteiger partial charge is 0.435 e. The summed E-state index contributed by atoms with van der Waals surface area (Å²) in [7, 11) is 0. The lowest BCUT2D eigenvalue weighted by Gasteiger charge is -2.31. The predicted octanol–water partition coefficient (Wildman–Crippen LogP) is 2.30. The lowest BCUT2D eigenvalue weighted by molar-refractivity contribution is -0.141. The molecule has 0 aliphatic carbocycles. The zero-order valence-electron chi connectivity index (χ0n) is 11.3. The molecule has 0 radical (unpaired) electrons. The number of carbonyl (C=O) groups excluding carboxylic acids is 1. The number of piperidine rings is 1. The fourth-order valence-corrected chi connectivity index (χ4v) is 2.96. The minimum absolute atomic E-state index is 0.187. The van der Waals surface area contributed by atoms with Gasteiger partial charge < -0.3 is 4.90 Å². The van der Waals surface area contributed by atoms with Crippen molar-refractivity contribution in [3.05, 3.63) is 28.5 Å². The monoisotopic (exact) mass is 331 g/mol. The fourth-order valence-electron chi connectivity index (χ4n) is 2.53. The Morgan fingerprint density at radius 3 is 2.91 bits per heavy atom. The summed E-state index contributed by atoms with van der Waals surface area (Å²) in [5.41, 5.74) is -0.262. The van der Waals surface area contributed by atoms with Gasteiger partial charge >= 0.3 is 6.18 Å². The average Bonchev–Trinajstić information content (AvgIpc) is 3.17. The van der Waals surface area contributed by atoms with Gasteiger partial charge in [0.2, 0.25) is 0 Å². The molecule has 2 aromatic rings. The van der Waals surface area contributed by atoms with E-state index in [1.165, 1.54) is 0 Å². The molecule has 1 amide bonds. The fraction of sp³-hybridized carbons (Fsp3) is 0.500. The maximum absolute atomic E-state index is 12.6. The molecule has 6 nitrogen and oxygen atoms in total. The second-order valence-corrected chi connectivity index (χ2v) is 5.70. The van der Waals surface area contributed by atoms with Crippen LogP contribution < -0.4 is 0 Å². The van der Waals surface area contributed by atoms with Crippen molar-refractivity contribution in [2.75, 3.05) is 13.1 Å². The molecule has 0 bridgehead atoms. The van der Waals surface area contributed by atoms with Gasteiger partial charge in [-0.1, -0.05) is 4.49 Å². The van der Waals surface area contributed by atoms with Gasteiger partial charge in [-0.3, -0.25) is 9.89 Å². The van der Waals surface area contributed by atoms with Crippen LogP contribution in [0.4, 0.5) is 13.2 Å². The highest BCUT2D eigenvalue weighted by Crippen LogP contribution is 2.32. The van der Waals surface area contributed by atoms with Crippen LogP contribution in [0.1, 0.15) is 40.6 Å². The average molecular weight is 331 g/mol. The molecule has 1 atom stereocenters. The summed E-state index contributed by atoms with van der Waals surface area (Å²) >= 11 is 1.09. The second kappa shape index (κ2) is 5.67. The molecule has 1 aliphatic heterocycles. The summed E-state index contributed by atoms with van der Waals surface area (Å²) in [5.74, 6) is -0.429. The van der Waals surface area contributed by atoms with E-state index in [0.29, 0.717) is 31.6 Å². The van der Waals surface area contributed by atoms with Crippen molar-refractivity contribution in [2.24, 2.45) is 0 Å². The van der Waals surface area contributed by atoms with Crippen molar-refractivity contribution >= 4 is 17.4 Å². The predicted molar refractivity (Wildman–Crippen MR) is 71.4 cm³/mol. The molecule has 1 fully saturated rings. The standard InChI is InChI=1S/C12H12F3N5OS/c13-12(14,15)10-4-8(16-18-10)7-2-1-3-20(5-7)11(21)9-6-22-19-17-9/h4,6-7H,1-3,5H2,(H,16,18)/t7-/m1/s1. The van der Waals surface area contributed by atoms with Crippen LogP contribution in [0.3, 0.4) is 0 Å². The number of hydrogen-bond donors (Lipinski definition) is 1. The van der Waals surface area contributed by atoms with Gasteiger partial charge in [0, 0.05) is 30.1 Å². The Bertz CT molecular complexity index is 654. The third kappa shape index (κ3) is 2.96. The highest BCUT2D eigenvalue weighted by molar-refractivity contribution is 7.03. The van der Waals surface area contributed by atoms with Crippen molar-refractivity contribution in [3.63, 3.8) is 0 Å². The number of aromatic amines is 1. The number of rotatable bonds is 2. The van der Waals surface area contributed by atoms with Crippen LogP contribution in [0, 0.1) is 0 Å². The van der Waals surface area contributed by atoms with Gasteiger partial charge in [0.1, 0.15) is 0 Å². The highest BCUT2D eigenvalue weighted by atomic mass is 32.1. The Hall–Kier alpha value is -1.97. The third-order valence-electron chi connectivity index (χ3n) is 3.62. The molecule has 0 spiro atoms. The van der Waals surface area contributed by atoms with E-state index in [1.54, 1.807) is 10.3 Å². The molecule has 22 heavy (non-hydrogen) atoms. The Balaban J connectivity index is 1.73. The topological polar surface area (TPSA) is 74.8 Å². The first-order valence-corrected chi connectivity index (χ1v) is 7.47. The zero-order valence-corrected chi connectivity index (χ0v) is 12.1. The Morgan fingerprint density at radius 2 is 2.27 bits per heavy atom. The van der Waals surface area contributed by atoms with Crippen LogP contribution in [0.2, 0.25) is 0 Å². The van der Waals surface area contributed by atoms with E-state index in [0.717, 1.165) is 17.6 Å². The van der Waals surface area contributed by atoms with E-state index in [-0.39, 0.29) is 17.5 Å². The van der Waals surface area contributed by atoms with E-state index in [2.05, 4.69) is 19.8 Å². The molecular weight excluding hydrogens is 319 g/mol. The Kier molecular flexibility index (Phi) is 3.85. The summed E-state index contributed by atoms with van der Waals surface area (Å²) < 4.78 is 41.4. The van der Waals surface area contributed by atoms with Gasteiger partial charge in [0.05, 0.1) is 0 Å². The van der Waals surface area contributed by atoms with Gasteiger partial charge in [-0.05, 0) is 30.4 Å². The van der Waals surface area contributed by atoms with Crippen molar-refractivity contribution in [3.8, 4) is 0 Å². The van der Waals surface area contributed by atoms with Crippen molar-refractivity contribution < 1.29 is 18.0 Å². The first-order valence-electron chi connectivity index (χ1n) is 6.64. The summed E-state index contributed by atoms with van der Waals surface area (Å²) in [6, 6.07) is 1.02. The molecule has 2 aromatic heterocycles. The number of nitrogens with one attached hydrogen (secondary N) is 1. The van der Waals surface area contributed by atoms with Crippen molar-refractivity contribution in [1.82, 2.24) is 24.7 Å². The van der Waals surface area contributed by atoms with Crippen LogP contribution in [0.25, 0.3) is 0 Å². The van der Waals surface area contributed by atoms with Crippen molar-refractivity contribution in [1.29, 1.82) is 0 Å². The summed E-state index contributed by atoms with van der Waals surface area (Å²) in [4.78, 5) is 13.8. The second-order valence-electron chi connectivity index (χ2n) is 5.09. The van der Waals surface area contributed by atoms with E-state index >= 15 is 0 Å². The first-order chi connectivity index (χ1) is 10.4. The normalized spacial score (nSPS) is 19.4. The van der Waals surface area contributed by atoms with Gasteiger partial charge in [-0.25, -0.2) is 0 Å². The van der Waals surface area contributed by atoms with E-state index in [4.69, 9.17) is 0 Å². The summed E-state index contributed by atoms with van der Waals surface area (Å²) in [6.45, 7) is 0.906.